The van der Waals surface area contributed by atoms with Crippen molar-refractivity contribution in [3.05, 3.63) is 30.7 Å². The van der Waals surface area contributed by atoms with Crippen LogP contribution in [-0.2, 0) is 0 Å². The minimum absolute atomic E-state index is 0.842. The van der Waals surface area contributed by atoms with Crippen molar-refractivity contribution in [2.45, 2.75) is 12.8 Å². The van der Waals surface area contributed by atoms with Gasteiger partial charge in [0.1, 0.15) is 0 Å². The molecule has 4 rings (SSSR count). The number of nitrogens with zero attached hydrogens (tertiary/aromatic N) is 4. The second-order valence-electron chi connectivity index (χ2n) is 4.81. The van der Waals surface area contributed by atoms with Gasteiger partial charge in [0, 0.05) is 24.5 Å². The van der Waals surface area contributed by atoms with E-state index in [4.69, 9.17) is 0 Å². The van der Waals surface area contributed by atoms with E-state index in [1.165, 1.54) is 12.8 Å². The molecule has 1 N–H and O–H groups in total. The van der Waals surface area contributed by atoms with Gasteiger partial charge in [-0.25, -0.2) is 9.50 Å². The van der Waals surface area contributed by atoms with Crippen molar-refractivity contribution in [3.8, 4) is 11.3 Å². The summed E-state index contributed by atoms with van der Waals surface area (Å²) in [6.07, 6.45) is 8.14. The van der Waals surface area contributed by atoms with Crippen LogP contribution in [0.4, 0.5) is 5.13 Å². The molecule has 0 aromatic carbocycles. The summed E-state index contributed by atoms with van der Waals surface area (Å²) in [5.41, 5.74) is 2.02. The Morgan fingerprint density at radius 2 is 2.32 bits per heavy atom. The predicted molar refractivity (Wildman–Crippen MR) is 75.3 cm³/mol. The highest BCUT2D eigenvalue weighted by Gasteiger charge is 2.21. The molecule has 0 radical (unpaired) electrons. The average Bonchev–Trinajstić information content (AvgIpc) is 3.06. The lowest BCUT2D eigenvalue weighted by molar-refractivity contribution is 0.875. The van der Waals surface area contributed by atoms with Crippen molar-refractivity contribution in [2.75, 3.05) is 11.9 Å². The summed E-state index contributed by atoms with van der Waals surface area (Å²) in [7, 11) is 0. The van der Waals surface area contributed by atoms with E-state index in [1.54, 1.807) is 17.5 Å². The van der Waals surface area contributed by atoms with Crippen LogP contribution < -0.4 is 5.32 Å². The highest BCUT2D eigenvalue weighted by atomic mass is 32.1. The topological polar surface area (TPSA) is 55.1 Å². The molecule has 0 aliphatic heterocycles. The molecule has 3 aromatic rings. The van der Waals surface area contributed by atoms with Crippen molar-refractivity contribution in [1.82, 2.24) is 19.6 Å². The number of imidazole rings is 1. The molecule has 1 aliphatic carbocycles. The summed E-state index contributed by atoms with van der Waals surface area (Å²) in [5, 5.41) is 8.92. The SMILES string of the molecule is c1cncc(-c2cnc3sc(NCC4CC4)nn23)c1. The Kier molecular flexibility index (Phi) is 2.48. The fourth-order valence-electron chi connectivity index (χ4n) is 2.03. The van der Waals surface area contributed by atoms with Crippen molar-refractivity contribution in [2.24, 2.45) is 5.92 Å². The zero-order valence-electron chi connectivity index (χ0n) is 10.3. The highest BCUT2D eigenvalue weighted by Crippen LogP contribution is 2.30. The van der Waals surface area contributed by atoms with E-state index < -0.39 is 0 Å². The van der Waals surface area contributed by atoms with Crippen LogP contribution >= 0.6 is 11.3 Å². The van der Waals surface area contributed by atoms with Crippen LogP contribution in [0.3, 0.4) is 0 Å². The van der Waals surface area contributed by atoms with Crippen molar-refractivity contribution in [3.63, 3.8) is 0 Å². The normalized spacial score (nSPS) is 14.9. The smallest absolute Gasteiger partial charge is 0.214 e. The van der Waals surface area contributed by atoms with Gasteiger partial charge in [-0.1, -0.05) is 11.3 Å². The molecular weight excluding hydrogens is 258 g/mol. The van der Waals surface area contributed by atoms with Gasteiger partial charge in [-0.05, 0) is 30.9 Å². The van der Waals surface area contributed by atoms with Crippen LogP contribution in [-0.4, -0.2) is 26.1 Å². The zero-order valence-corrected chi connectivity index (χ0v) is 11.1. The quantitative estimate of drug-likeness (QED) is 0.792. The average molecular weight is 271 g/mol. The molecule has 3 heterocycles. The first-order chi connectivity index (χ1) is 9.40. The summed E-state index contributed by atoms with van der Waals surface area (Å²) < 4.78 is 1.89. The Hall–Kier alpha value is -1.95. The Morgan fingerprint density at radius 3 is 3.11 bits per heavy atom. The van der Waals surface area contributed by atoms with Crippen LogP contribution in [0, 0.1) is 5.92 Å². The van der Waals surface area contributed by atoms with Crippen LogP contribution in [0.1, 0.15) is 12.8 Å². The number of aromatic nitrogens is 4. The number of hydrogen-bond acceptors (Lipinski definition) is 5. The van der Waals surface area contributed by atoms with E-state index in [0.29, 0.717) is 0 Å². The standard InChI is InChI=1S/C13H13N5S/c1-2-10(7-14-5-1)11-8-16-13-18(11)17-12(19-13)15-6-9-3-4-9/h1-2,5,7-9H,3-4,6H2,(H,15,17). The summed E-state index contributed by atoms with van der Waals surface area (Å²) in [5.74, 6) is 0.842. The van der Waals surface area contributed by atoms with Gasteiger partial charge in [0.25, 0.3) is 0 Å². The van der Waals surface area contributed by atoms with Gasteiger partial charge in [0.05, 0.1) is 11.9 Å². The minimum atomic E-state index is 0.842. The summed E-state index contributed by atoms with van der Waals surface area (Å²) in [6, 6.07) is 3.94. The van der Waals surface area contributed by atoms with E-state index >= 15 is 0 Å². The first-order valence-corrected chi connectivity index (χ1v) is 7.20. The molecule has 0 saturated heterocycles. The first-order valence-electron chi connectivity index (χ1n) is 6.39. The molecule has 96 valence electrons. The summed E-state index contributed by atoms with van der Waals surface area (Å²) in [6.45, 7) is 1.03. The van der Waals surface area contributed by atoms with Gasteiger partial charge in [-0.2, -0.15) is 0 Å². The Morgan fingerprint density at radius 1 is 1.37 bits per heavy atom. The molecule has 0 amide bonds. The van der Waals surface area contributed by atoms with Crippen molar-refractivity contribution >= 4 is 21.4 Å². The van der Waals surface area contributed by atoms with Crippen LogP contribution in [0.5, 0.6) is 0 Å². The molecule has 19 heavy (non-hydrogen) atoms. The molecule has 3 aromatic heterocycles. The fraction of sp³-hybridized carbons (Fsp3) is 0.308. The van der Waals surface area contributed by atoms with Crippen LogP contribution in [0.2, 0.25) is 0 Å². The Bertz CT molecular complexity index is 698. The monoisotopic (exact) mass is 271 g/mol. The number of anilines is 1. The number of rotatable bonds is 4. The van der Waals surface area contributed by atoms with E-state index in [9.17, 15) is 0 Å². The molecule has 6 heteroatoms. The van der Waals surface area contributed by atoms with Crippen molar-refractivity contribution in [1.29, 1.82) is 0 Å². The molecule has 5 nitrogen and oxygen atoms in total. The molecule has 0 spiro atoms. The van der Waals surface area contributed by atoms with Crippen molar-refractivity contribution < 1.29 is 0 Å². The summed E-state index contributed by atoms with van der Waals surface area (Å²) >= 11 is 1.59. The Labute approximate surface area is 114 Å². The third kappa shape index (κ3) is 2.08. The zero-order chi connectivity index (χ0) is 12.7. The third-order valence-corrected chi connectivity index (χ3v) is 4.16. The largest absolute Gasteiger partial charge is 0.360 e. The lowest BCUT2D eigenvalue weighted by Gasteiger charge is -1.99. The number of pyridine rings is 1. The van der Waals surface area contributed by atoms with Crippen LogP contribution in [0.15, 0.2) is 30.7 Å². The molecular formula is C13H13N5S. The number of fused-ring (bicyclic) bond motifs is 1. The van der Waals surface area contributed by atoms with Gasteiger partial charge in [0.15, 0.2) is 0 Å². The molecule has 1 fully saturated rings. The maximum atomic E-state index is 4.58. The molecule has 0 unspecified atom stereocenters. The number of hydrogen-bond donors (Lipinski definition) is 1. The van der Waals surface area contributed by atoms with Crippen LogP contribution in [0.25, 0.3) is 16.2 Å². The first kappa shape index (κ1) is 10.9. The van der Waals surface area contributed by atoms with Gasteiger partial charge in [0.2, 0.25) is 10.1 Å². The second kappa shape index (κ2) is 4.31. The lowest BCUT2D eigenvalue weighted by Crippen LogP contribution is -2.03. The van der Waals surface area contributed by atoms with Gasteiger partial charge in [-0.3, -0.25) is 4.98 Å². The maximum Gasteiger partial charge on any atom is 0.214 e. The predicted octanol–water partition coefficient (Wildman–Crippen LogP) is 2.67. The van der Waals surface area contributed by atoms with E-state index in [1.807, 2.05) is 29.0 Å². The van der Waals surface area contributed by atoms with E-state index in [2.05, 4.69) is 20.4 Å². The molecule has 0 atom stereocenters. The van der Waals surface area contributed by atoms with E-state index in [0.717, 1.165) is 33.8 Å². The second-order valence-corrected chi connectivity index (χ2v) is 5.77. The van der Waals surface area contributed by atoms with Gasteiger partial charge < -0.3 is 5.32 Å². The third-order valence-electron chi connectivity index (χ3n) is 3.28. The minimum Gasteiger partial charge on any atom is -0.360 e. The number of nitrogens with one attached hydrogen (secondary N) is 1. The van der Waals surface area contributed by atoms with Gasteiger partial charge >= 0.3 is 0 Å². The van der Waals surface area contributed by atoms with Gasteiger partial charge in [-0.15, -0.1) is 5.10 Å². The highest BCUT2D eigenvalue weighted by molar-refractivity contribution is 7.20. The molecule has 1 saturated carbocycles. The summed E-state index contributed by atoms with van der Waals surface area (Å²) in [4.78, 5) is 9.46. The molecule has 0 bridgehead atoms. The lowest BCUT2D eigenvalue weighted by atomic mass is 10.2. The molecule has 1 aliphatic rings. The Balaban J connectivity index is 1.67. The van der Waals surface area contributed by atoms with E-state index in [-0.39, 0.29) is 0 Å². The maximum absolute atomic E-state index is 4.58. The fourth-order valence-corrected chi connectivity index (χ4v) is 2.81.